The van der Waals surface area contributed by atoms with E-state index in [1.165, 1.54) is 12.0 Å². The Balaban J connectivity index is 1.55. The first kappa shape index (κ1) is 13.1. The maximum atomic E-state index is 5.85. The van der Waals surface area contributed by atoms with Crippen molar-refractivity contribution in [1.29, 1.82) is 0 Å². The number of hydrogen-bond acceptors (Lipinski definition) is 5. The Bertz CT molecular complexity index is 501. The summed E-state index contributed by atoms with van der Waals surface area (Å²) in [5.41, 5.74) is 1.20. The van der Waals surface area contributed by atoms with Crippen LogP contribution in [0.4, 0.5) is 5.82 Å². The van der Waals surface area contributed by atoms with Crippen LogP contribution in [-0.2, 0) is 11.3 Å². The molecule has 5 nitrogen and oxygen atoms in total. The molecule has 1 saturated heterocycles. The Hall–Kier alpha value is -1.85. The summed E-state index contributed by atoms with van der Waals surface area (Å²) in [6, 6.07) is 10.5. The number of nitrogens with zero attached hydrogens (tertiary/aromatic N) is 2. The SMILES string of the molecule is c1ccc(COC[C@@H]2CNCCN2c2cocn2)cc1. The van der Waals surface area contributed by atoms with Crippen molar-refractivity contribution >= 4 is 5.82 Å². The van der Waals surface area contributed by atoms with E-state index in [0.29, 0.717) is 13.2 Å². The Morgan fingerprint density at radius 2 is 2.25 bits per heavy atom. The first-order valence-electron chi connectivity index (χ1n) is 6.91. The molecule has 20 heavy (non-hydrogen) atoms. The summed E-state index contributed by atoms with van der Waals surface area (Å²) >= 11 is 0. The lowest BCUT2D eigenvalue weighted by molar-refractivity contribution is 0.102. The third kappa shape index (κ3) is 3.18. The van der Waals surface area contributed by atoms with E-state index in [1.54, 1.807) is 6.26 Å². The fourth-order valence-corrected chi connectivity index (χ4v) is 2.45. The zero-order chi connectivity index (χ0) is 13.6. The Kier molecular flexibility index (Phi) is 4.30. The van der Waals surface area contributed by atoms with Crippen LogP contribution in [0.15, 0.2) is 47.4 Å². The van der Waals surface area contributed by atoms with Crippen LogP contribution in [0, 0.1) is 0 Å². The number of rotatable bonds is 5. The molecule has 0 bridgehead atoms. The van der Waals surface area contributed by atoms with Gasteiger partial charge in [-0.15, -0.1) is 0 Å². The number of nitrogens with one attached hydrogen (secondary N) is 1. The summed E-state index contributed by atoms with van der Waals surface area (Å²) in [7, 11) is 0. The average Bonchev–Trinajstić information content (AvgIpc) is 3.03. The predicted octanol–water partition coefficient (Wildman–Crippen LogP) is 1.67. The molecule has 1 aromatic carbocycles. The lowest BCUT2D eigenvalue weighted by Crippen LogP contribution is -2.53. The maximum absolute atomic E-state index is 5.85. The average molecular weight is 273 g/mol. The molecule has 2 heterocycles. The lowest BCUT2D eigenvalue weighted by Gasteiger charge is -2.35. The minimum absolute atomic E-state index is 0.289. The molecule has 0 spiro atoms. The normalized spacial score (nSPS) is 19.2. The topological polar surface area (TPSA) is 50.5 Å². The van der Waals surface area contributed by atoms with E-state index < -0.39 is 0 Å². The second-order valence-electron chi connectivity index (χ2n) is 4.90. The molecular formula is C15H19N3O2. The summed E-state index contributed by atoms with van der Waals surface area (Å²) in [6.07, 6.45) is 3.16. The smallest absolute Gasteiger partial charge is 0.182 e. The van der Waals surface area contributed by atoms with Crippen LogP contribution in [0.5, 0.6) is 0 Å². The summed E-state index contributed by atoms with van der Waals surface area (Å²) in [4.78, 5) is 6.47. The molecule has 1 atom stereocenters. The first-order chi connectivity index (χ1) is 9.93. The van der Waals surface area contributed by atoms with Gasteiger partial charge in [-0.05, 0) is 5.56 Å². The van der Waals surface area contributed by atoms with Crippen LogP contribution in [0.25, 0.3) is 0 Å². The second-order valence-corrected chi connectivity index (χ2v) is 4.90. The van der Waals surface area contributed by atoms with Crippen LogP contribution in [0.2, 0.25) is 0 Å². The molecule has 0 saturated carbocycles. The molecule has 3 rings (SSSR count). The van der Waals surface area contributed by atoms with E-state index in [2.05, 4.69) is 27.3 Å². The molecule has 0 radical (unpaired) electrons. The van der Waals surface area contributed by atoms with Gasteiger partial charge in [-0.2, -0.15) is 4.98 Å². The van der Waals surface area contributed by atoms with Crippen LogP contribution in [0.1, 0.15) is 5.56 Å². The van der Waals surface area contributed by atoms with E-state index in [4.69, 9.17) is 9.15 Å². The van der Waals surface area contributed by atoms with E-state index in [0.717, 1.165) is 25.5 Å². The fraction of sp³-hybridized carbons (Fsp3) is 0.400. The highest BCUT2D eigenvalue weighted by atomic mass is 16.5. The van der Waals surface area contributed by atoms with E-state index in [9.17, 15) is 0 Å². The van der Waals surface area contributed by atoms with Gasteiger partial charge in [-0.1, -0.05) is 30.3 Å². The predicted molar refractivity (Wildman–Crippen MR) is 76.6 cm³/mol. The molecule has 1 aliphatic rings. The Labute approximate surface area is 118 Å². The number of ether oxygens (including phenoxy) is 1. The zero-order valence-electron chi connectivity index (χ0n) is 11.4. The molecule has 0 amide bonds. The summed E-state index contributed by atoms with van der Waals surface area (Å²) in [5, 5.41) is 3.40. The standard InChI is InChI=1S/C15H19N3O2/c1-2-4-13(5-3-1)9-19-10-14-8-16-6-7-18(14)15-11-20-12-17-15/h1-5,11-12,14,16H,6-10H2/t14-/m0/s1. The van der Waals surface area contributed by atoms with Crippen molar-refractivity contribution in [2.24, 2.45) is 0 Å². The Morgan fingerprint density at radius 3 is 3.05 bits per heavy atom. The number of piperazine rings is 1. The molecule has 5 heteroatoms. The lowest BCUT2D eigenvalue weighted by atomic mass is 10.2. The molecule has 106 valence electrons. The number of benzene rings is 1. The van der Waals surface area contributed by atoms with Crippen LogP contribution >= 0.6 is 0 Å². The summed E-state index contributed by atoms with van der Waals surface area (Å²) in [6.45, 7) is 4.11. The molecule has 1 N–H and O–H groups in total. The molecule has 1 fully saturated rings. The van der Waals surface area contributed by atoms with Gasteiger partial charge in [0.1, 0.15) is 6.26 Å². The largest absolute Gasteiger partial charge is 0.449 e. The number of hydrogen-bond donors (Lipinski definition) is 1. The van der Waals surface area contributed by atoms with Gasteiger partial charge in [-0.3, -0.25) is 0 Å². The van der Waals surface area contributed by atoms with Gasteiger partial charge in [0.25, 0.3) is 0 Å². The second kappa shape index (κ2) is 6.54. The third-order valence-electron chi connectivity index (χ3n) is 3.49. The van der Waals surface area contributed by atoms with E-state index in [1.807, 2.05) is 18.2 Å². The van der Waals surface area contributed by atoms with Crippen molar-refractivity contribution < 1.29 is 9.15 Å². The van der Waals surface area contributed by atoms with Crippen molar-refractivity contribution in [3.63, 3.8) is 0 Å². The number of anilines is 1. The highest BCUT2D eigenvalue weighted by Crippen LogP contribution is 2.16. The van der Waals surface area contributed by atoms with Gasteiger partial charge in [0.2, 0.25) is 0 Å². The minimum Gasteiger partial charge on any atom is -0.449 e. The molecule has 0 unspecified atom stereocenters. The van der Waals surface area contributed by atoms with Crippen molar-refractivity contribution in [3.05, 3.63) is 48.6 Å². The van der Waals surface area contributed by atoms with Gasteiger partial charge < -0.3 is 19.4 Å². The molecule has 1 aromatic heterocycles. The van der Waals surface area contributed by atoms with E-state index in [-0.39, 0.29) is 6.04 Å². The van der Waals surface area contributed by atoms with Crippen molar-refractivity contribution in [2.45, 2.75) is 12.6 Å². The molecule has 1 aliphatic heterocycles. The van der Waals surface area contributed by atoms with Crippen molar-refractivity contribution in [1.82, 2.24) is 10.3 Å². The van der Waals surface area contributed by atoms with Crippen LogP contribution in [-0.4, -0.2) is 37.3 Å². The zero-order valence-corrected chi connectivity index (χ0v) is 11.4. The first-order valence-corrected chi connectivity index (χ1v) is 6.91. The third-order valence-corrected chi connectivity index (χ3v) is 3.49. The van der Waals surface area contributed by atoms with Gasteiger partial charge in [0, 0.05) is 19.6 Å². The van der Waals surface area contributed by atoms with Crippen LogP contribution in [0.3, 0.4) is 0 Å². The highest BCUT2D eigenvalue weighted by molar-refractivity contribution is 5.37. The van der Waals surface area contributed by atoms with Crippen molar-refractivity contribution in [2.75, 3.05) is 31.1 Å². The van der Waals surface area contributed by atoms with Crippen LogP contribution < -0.4 is 10.2 Å². The minimum atomic E-state index is 0.289. The Morgan fingerprint density at radius 1 is 1.35 bits per heavy atom. The van der Waals surface area contributed by atoms with Gasteiger partial charge in [0.05, 0.1) is 19.3 Å². The number of oxazole rings is 1. The summed E-state index contributed by atoms with van der Waals surface area (Å²) in [5.74, 6) is 0.889. The monoisotopic (exact) mass is 273 g/mol. The molecular weight excluding hydrogens is 254 g/mol. The molecule has 0 aliphatic carbocycles. The van der Waals surface area contributed by atoms with Gasteiger partial charge in [-0.25, -0.2) is 0 Å². The fourth-order valence-electron chi connectivity index (χ4n) is 2.45. The summed E-state index contributed by atoms with van der Waals surface area (Å²) < 4.78 is 10.9. The molecule has 2 aromatic rings. The number of aromatic nitrogens is 1. The maximum Gasteiger partial charge on any atom is 0.182 e. The van der Waals surface area contributed by atoms with E-state index >= 15 is 0 Å². The highest BCUT2D eigenvalue weighted by Gasteiger charge is 2.24. The quantitative estimate of drug-likeness (QED) is 0.898. The van der Waals surface area contributed by atoms with Gasteiger partial charge >= 0.3 is 0 Å². The van der Waals surface area contributed by atoms with Crippen molar-refractivity contribution in [3.8, 4) is 0 Å². The van der Waals surface area contributed by atoms with Gasteiger partial charge in [0.15, 0.2) is 12.2 Å².